The lowest BCUT2D eigenvalue weighted by molar-refractivity contribution is -0.153. The highest BCUT2D eigenvalue weighted by Crippen LogP contribution is 2.43. The highest BCUT2D eigenvalue weighted by Gasteiger charge is 2.52. The van der Waals surface area contributed by atoms with Gasteiger partial charge in [0.2, 0.25) is 5.91 Å². The molecular formula is C12H23N3O2. The Morgan fingerprint density at radius 1 is 1.47 bits per heavy atom. The summed E-state index contributed by atoms with van der Waals surface area (Å²) in [6.45, 7) is 5.76. The molecule has 17 heavy (non-hydrogen) atoms. The summed E-state index contributed by atoms with van der Waals surface area (Å²) in [5.41, 5.74) is 11.2. The molecule has 1 aliphatic heterocycles. The maximum absolute atomic E-state index is 12.4. The fraction of sp³-hybridized carbons (Fsp3) is 0.917. The number of aliphatic hydroxyl groups excluding tert-OH is 1. The molecule has 2 fully saturated rings. The van der Waals surface area contributed by atoms with Gasteiger partial charge in [-0.2, -0.15) is 0 Å². The first-order valence-corrected chi connectivity index (χ1v) is 6.24. The van der Waals surface area contributed by atoms with Crippen LogP contribution < -0.4 is 11.5 Å². The van der Waals surface area contributed by atoms with E-state index in [-0.39, 0.29) is 23.5 Å². The van der Waals surface area contributed by atoms with E-state index in [4.69, 9.17) is 11.5 Å². The van der Waals surface area contributed by atoms with Crippen LogP contribution >= 0.6 is 0 Å². The van der Waals surface area contributed by atoms with E-state index in [1.807, 2.05) is 4.90 Å². The normalized spacial score (nSPS) is 40.2. The first kappa shape index (κ1) is 12.8. The first-order valence-electron chi connectivity index (χ1n) is 6.24. The molecule has 1 amide bonds. The zero-order valence-corrected chi connectivity index (χ0v) is 10.6. The number of likely N-dealkylation sites (tertiary alicyclic amines) is 1. The molecule has 5 nitrogen and oxygen atoms in total. The second-order valence-corrected chi connectivity index (χ2v) is 6.33. The van der Waals surface area contributed by atoms with Gasteiger partial charge in [0.25, 0.3) is 0 Å². The minimum atomic E-state index is -0.528. The van der Waals surface area contributed by atoms with Crippen LogP contribution in [0.3, 0.4) is 0 Å². The lowest BCUT2D eigenvalue weighted by Gasteiger charge is -2.45. The second-order valence-electron chi connectivity index (χ2n) is 6.33. The molecule has 0 aromatic rings. The minimum Gasteiger partial charge on any atom is -0.393 e. The molecular weight excluding hydrogens is 218 g/mol. The third kappa shape index (κ3) is 1.96. The van der Waals surface area contributed by atoms with E-state index < -0.39 is 5.41 Å². The van der Waals surface area contributed by atoms with Crippen molar-refractivity contribution in [3.8, 4) is 0 Å². The summed E-state index contributed by atoms with van der Waals surface area (Å²) in [5, 5.41) is 9.41. The van der Waals surface area contributed by atoms with Crippen LogP contribution in [0.25, 0.3) is 0 Å². The minimum absolute atomic E-state index is 0.0197. The van der Waals surface area contributed by atoms with Crippen LogP contribution in [0.2, 0.25) is 0 Å². The number of carbonyl (C=O) groups is 1. The molecule has 1 aliphatic carbocycles. The summed E-state index contributed by atoms with van der Waals surface area (Å²) in [6, 6.07) is 0.0197. The number of rotatable bonds is 2. The average molecular weight is 241 g/mol. The molecule has 1 saturated heterocycles. The van der Waals surface area contributed by atoms with Crippen molar-refractivity contribution in [2.75, 3.05) is 19.6 Å². The Labute approximate surface area is 102 Å². The standard InChI is InChI=1S/C12H23N3O2/c1-11(2)7-15(5-9(11)14)10(17)12(6-13)3-8(16)4-12/h8-9,16H,3-7,13-14H2,1-2H3. The van der Waals surface area contributed by atoms with Gasteiger partial charge in [0.1, 0.15) is 0 Å². The van der Waals surface area contributed by atoms with E-state index in [1.165, 1.54) is 0 Å². The largest absolute Gasteiger partial charge is 0.393 e. The van der Waals surface area contributed by atoms with Gasteiger partial charge in [0.05, 0.1) is 11.5 Å². The van der Waals surface area contributed by atoms with Crippen LogP contribution in [0.1, 0.15) is 26.7 Å². The van der Waals surface area contributed by atoms with Crippen molar-refractivity contribution in [2.24, 2.45) is 22.3 Å². The van der Waals surface area contributed by atoms with E-state index in [9.17, 15) is 9.90 Å². The molecule has 5 heteroatoms. The van der Waals surface area contributed by atoms with Gasteiger partial charge in [-0.1, -0.05) is 13.8 Å². The summed E-state index contributed by atoms with van der Waals surface area (Å²) in [6.07, 6.45) is 0.620. The van der Waals surface area contributed by atoms with Crippen molar-refractivity contribution >= 4 is 5.91 Å². The second kappa shape index (κ2) is 3.93. The van der Waals surface area contributed by atoms with E-state index in [2.05, 4.69) is 13.8 Å². The van der Waals surface area contributed by atoms with E-state index >= 15 is 0 Å². The average Bonchev–Trinajstić information content (AvgIpc) is 2.47. The van der Waals surface area contributed by atoms with Gasteiger partial charge in [0.15, 0.2) is 0 Å². The summed E-state index contributed by atoms with van der Waals surface area (Å²) in [7, 11) is 0. The maximum atomic E-state index is 12.4. The number of hydrogen-bond donors (Lipinski definition) is 3. The van der Waals surface area contributed by atoms with Gasteiger partial charge in [-0.25, -0.2) is 0 Å². The number of aliphatic hydroxyl groups is 1. The molecule has 5 N–H and O–H groups in total. The number of nitrogens with zero attached hydrogens (tertiary/aromatic N) is 1. The molecule has 2 aliphatic rings. The van der Waals surface area contributed by atoms with Crippen LogP contribution in [0, 0.1) is 10.8 Å². The quantitative estimate of drug-likeness (QED) is 0.595. The van der Waals surface area contributed by atoms with E-state index in [0.29, 0.717) is 32.5 Å². The Hall–Kier alpha value is -0.650. The molecule has 1 heterocycles. The zero-order valence-electron chi connectivity index (χ0n) is 10.6. The highest BCUT2D eigenvalue weighted by molar-refractivity contribution is 5.84. The zero-order chi connectivity index (χ0) is 12.8. The molecule has 1 unspecified atom stereocenters. The molecule has 0 spiro atoms. The lowest BCUT2D eigenvalue weighted by atomic mass is 9.66. The van der Waals surface area contributed by atoms with Crippen LogP contribution in [-0.4, -0.2) is 47.7 Å². The van der Waals surface area contributed by atoms with E-state index in [1.54, 1.807) is 0 Å². The summed E-state index contributed by atoms with van der Waals surface area (Å²) in [4.78, 5) is 14.3. The number of carbonyl (C=O) groups excluding carboxylic acids is 1. The highest BCUT2D eigenvalue weighted by atomic mass is 16.3. The van der Waals surface area contributed by atoms with E-state index in [0.717, 1.165) is 0 Å². The van der Waals surface area contributed by atoms with Gasteiger partial charge in [-0.15, -0.1) is 0 Å². The Kier molecular flexibility index (Phi) is 2.96. The predicted molar refractivity (Wildman–Crippen MR) is 65.1 cm³/mol. The van der Waals surface area contributed by atoms with Crippen LogP contribution in [-0.2, 0) is 4.79 Å². The summed E-state index contributed by atoms with van der Waals surface area (Å²) >= 11 is 0. The molecule has 1 saturated carbocycles. The van der Waals surface area contributed by atoms with Crippen molar-refractivity contribution in [1.29, 1.82) is 0 Å². The summed E-state index contributed by atoms with van der Waals surface area (Å²) in [5.74, 6) is 0.0753. The van der Waals surface area contributed by atoms with Gasteiger partial charge in [-0.3, -0.25) is 4.79 Å². The van der Waals surface area contributed by atoms with Gasteiger partial charge < -0.3 is 21.5 Å². The first-order chi connectivity index (χ1) is 7.81. The van der Waals surface area contributed by atoms with Gasteiger partial charge in [-0.05, 0) is 18.3 Å². The van der Waals surface area contributed by atoms with Crippen LogP contribution in [0.4, 0.5) is 0 Å². The maximum Gasteiger partial charge on any atom is 0.230 e. The van der Waals surface area contributed by atoms with Gasteiger partial charge in [0, 0.05) is 25.7 Å². The molecule has 1 atom stereocenters. The van der Waals surface area contributed by atoms with Crippen LogP contribution in [0.5, 0.6) is 0 Å². The predicted octanol–water partition coefficient (Wildman–Crippen LogP) is -0.718. The molecule has 0 aromatic heterocycles. The Morgan fingerprint density at radius 3 is 2.41 bits per heavy atom. The SMILES string of the molecule is CC1(C)CN(C(=O)C2(CN)CC(O)C2)CC1N. The molecule has 0 aromatic carbocycles. The van der Waals surface area contributed by atoms with Crippen molar-refractivity contribution in [2.45, 2.75) is 38.8 Å². The molecule has 0 radical (unpaired) electrons. The fourth-order valence-electron chi connectivity index (χ4n) is 2.92. The topological polar surface area (TPSA) is 92.6 Å². The van der Waals surface area contributed by atoms with Crippen molar-refractivity contribution < 1.29 is 9.90 Å². The fourth-order valence-corrected chi connectivity index (χ4v) is 2.92. The van der Waals surface area contributed by atoms with Gasteiger partial charge >= 0.3 is 0 Å². The number of hydrogen-bond acceptors (Lipinski definition) is 4. The Balaban J connectivity index is 2.07. The van der Waals surface area contributed by atoms with Crippen LogP contribution in [0.15, 0.2) is 0 Å². The molecule has 98 valence electrons. The summed E-state index contributed by atoms with van der Waals surface area (Å²) < 4.78 is 0. The Bertz CT molecular complexity index is 324. The lowest BCUT2D eigenvalue weighted by Crippen LogP contribution is -2.56. The van der Waals surface area contributed by atoms with Crippen molar-refractivity contribution in [3.05, 3.63) is 0 Å². The van der Waals surface area contributed by atoms with Crippen molar-refractivity contribution in [3.63, 3.8) is 0 Å². The third-order valence-corrected chi connectivity index (χ3v) is 4.40. The monoisotopic (exact) mass is 241 g/mol. The number of nitrogens with two attached hydrogens (primary N) is 2. The Morgan fingerprint density at radius 2 is 2.06 bits per heavy atom. The van der Waals surface area contributed by atoms with Crippen molar-refractivity contribution in [1.82, 2.24) is 4.90 Å². The number of amides is 1. The third-order valence-electron chi connectivity index (χ3n) is 4.40. The molecule has 0 bridgehead atoms. The smallest absolute Gasteiger partial charge is 0.230 e. The molecule has 2 rings (SSSR count).